The molecule has 112 valence electrons. The fraction of sp³-hybridized carbons (Fsp3) is 0.222. The topological polar surface area (TPSA) is 44.1 Å². The smallest absolute Gasteiger partial charge is 0.269 e. The summed E-state index contributed by atoms with van der Waals surface area (Å²) in [6.07, 6.45) is 1.67. The van der Waals surface area contributed by atoms with Crippen LogP contribution in [0.2, 0.25) is 0 Å². The summed E-state index contributed by atoms with van der Waals surface area (Å²) in [6.45, 7) is 2.08. The Hall–Kier alpha value is -2.62. The number of aryl methyl sites for hydroxylation is 1. The number of nitrogens with zero attached hydrogens (tertiary/aromatic N) is 2. The molecule has 4 nitrogen and oxygen atoms in total. The number of aromatic nitrogens is 2. The van der Waals surface area contributed by atoms with Crippen LogP contribution in [0.3, 0.4) is 0 Å². The van der Waals surface area contributed by atoms with Gasteiger partial charge in [0.1, 0.15) is 17.0 Å². The van der Waals surface area contributed by atoms with Crippen LogP contribution in [0.5, 0.6) is 5.75 Å². The Morgan fingerprint density at radius 1 is 1.09 bits per heavy atom. The van der Waals surface area contributed by atoms with E-state index in [0.29, 0.717) is 16.7 Å². The van der Waals surface area contributed by atoms with Crippen molar-refractivity contribution in [3.8, 4) is 11.4 Å². The first-order valence-electron chi connectivity index (χ1n) is 7.40. The van der Waals surface area contributed by atoms with E-state index >= 15 is 0 Å². The quantitative estimate of drug-likeness (QED) is 0.741. The summed E-state index contributed by atoms with van der Waals surface area (Å²) in [5.41, 5.74) is 1.42. The van der Waals surface area contributed by atoms with Gasteiger partial charge in [0.15, 0.2) is 0 Å². The van der Waals surface area contributed by atoms with E-state index in [9.17, 15) is 4.79 Å². The summed E-state index contributed by atoms with van der Waals surface area (Å²) in [7, 11) is 1.57. The van der Waals surface area contributed by atoms with Crippen molar-refractivity contribution in [3.05, 3.63) is 64.7 Å². The fourth-order valence-electron chi connectivity index (χ4n) is 2.65. The van der Waals surface area contributed by atoms with E-state index in [-0.39, 0.29) is 5.56 Å². The van der Waals surface area contributed by atoms with Gasteiger partial charge < -0.3 is 4.74 Å². The summed E-state index contributed by atoms with van der Waals surface area (Å²) in [5.74, 6) is 1.34. The molecule has 22 heavy (non-hydrogen) atoms. The Kier molecular flexibility index (Phi) is 3.92. The lowest BCUT2D eigenvalue weighted by atomic mass is 10.2. The third-order valence-corrected chi connectivity index (χ3v) is 3.64. The zero-order chi connectivity index (χ0) is 15.5. The molecule has 0 N–H and O–H groups in total. The van der Waals surface area contributed by atoms with Crippen molar-refractivity contribution in [2.45, 2.75) is 19.8 Å². The molecule has 0 aliphatic carbocycles. The van der Waals surface area contributed by atoms with Gasteiger partial charge in [0, 0.05) is 6.42 Å². The lowest BCUT2D eigenvalue weighted by Crippen LogP contribution is -2.24. The summed E-state index contributed by atoms with van der Waals surface area (Å²) in [6, 6.07) is 15.1. The van der Waals surface area contributed by atoms with Gasteiger partial charge in [0.2, 0.25) is 0 Å². The molecule has 4 heteroatoms. The maximum atomic E-state index is 13.0. The van der Waals surface area contributed by atoms with Crippen LogP contribution in [0.1, 0.15) is 19.2 Å². The zero-order valence-electron chi connectivity index (χ0n) is 12.7. The van der Waals surface area contributed by atoms with Gasteiger partial charge in [0.25, 0.3) is 5.56 Å². The summed E-state index contributed by atoms with van der Waals surface area (Å²) in [5, 5.41) is 0.522. The molecule has 3 aromatic rings. The summed E-state index contributed by atoms with van der Waals surface area (Å²) in [4.78, 5) is 17.7. The van der Waals surface area contributed by atoms with Crippen LogP contribution in [-0.4, -0.2) is 16.7 Å². The minimum atomic E-state index is -0.0860. The molecule has 1 aromatic heterocycles. The van der Waals surface area contributed by atoms with Gasteiger partial charge in [-0.2, -0.15) is 0 Å². The van der Waals surface area contributed by atoms with Crippen LogP contribution in [-0.2, 0) is 6.42 Å². The highest BCUT2D eigenvalue weighted by Crippen LogP contribution is 2.22. The van der Waals surface area contributed by atoms with E-state index in [1.54, 1.807) is 17.7 Å². The Balaban J connectivity index is 2.40. The minimum absolute atomic E-state index is 0.0860. The average Bonchev–Trinajstić information content (AvgIpc) is 2.55. The van der Waals surface area contributed by atoms with Gasteiger partial charge in [-0.25, -0.2) is 4.98 Å². The second-order valence-corrected chi connectivity index (χ2v) is 5.11. The van der Waals surface area contributed by atoms with Crippen molar-refractivity contribution in [3.63, 3.8) is 0 Å². The van der Waals surface area contributed by atoms with Crippen molar-refractivity contribution in [2.24, 2.45) is 0 Å². The van der Waals surface area contributed by atoms with E-state index in [1.165, 1.54) is 0 Å². The first-order chi connectivity index (χ1) is 10.8. The molecule has 0 unspecified atom stereocenters. The third-order valence-electron chi connectivity index (χ3n) is 3.64. The Labute approximate surface area is 129 Å². The molecule has 0 saturated heterocycles. The minimum Gasteiger partial charge on any atom is -0.496 e. The molecule has 2 aromatic carbocycles. The number of hydrogen-bond acceptors (Lipinski definition) is 3. The standard InChI is InChI=1S/C18H18N2O2/c1-3-8-16-19-14-11-7-12-15(22-2)17(14)18(21)20(16)13-9-5-4-6-10-13/h4-7,9-12H,3,8H2,1-2H3. The predicted molar refractivity (Wildman–Crippen MR) is 87.9 cm³/mol. The number of ether oxygens (including phenoxy) is 1. The molecule has 0 atom stereocenters. The van der Waals surface area contributed by atoms with Gasteiger partial charge >= 0.3 is 0 Å². The van der Waals surface area contributed by atoms with Gasteiger partial charge in [0.05, 0.1) is 18.3 Å². The van der Waals surface area contributed by atoms with Crippen molar-refractivity contribution in [1.82, 2.24) is 9.55 Å². The van der Waals surface area contributed by atoms with E-state index in [0.717, 1.165) is 24.4 Å². The lowest BCUT2D eigenvalue weighted by Gasteiger charge is -2.14. The fourth-order valence-corrected chi connectivity index (χ4v) is 2.65. The second-order valence-electron chi connectivity index (χ2n) is 5.11. The first-order valence-corrected chi connectivity index (χ1v) is 7.40. The Morgan fingerprint density at radius 2 is 1.86 bits per heavy atom. The molecule has 0 spiro atoms. The van der Waals surface area contributed by atoms with Gasteiger partial charge in [-0.3, -0.25) is 9.36 Å². The first kappa shape index (κ1) is 14.3. The summed E-state index contributed by atoms with van der Waals surface area (Å²) >= 11 is 0. The molecule has 0 saturated carbocycles. The molecule has 0 fully saturated rings. The maximum absolute atomic E-state index is 13.0. The van der Waals surface area contributed by atoms with Crippen LogP contribution in [0.4, 0.5) is 0 Å². The van der Waals surface area contributed by atoms with Crippen molar-refractivity contribution in [1.29, 1.82) is 0 Å². The SMILES string of the molecule is CCCc1nc2cccc(OC)c2c(=O)n1-c1ccccc1. The normalized spacial score (nSPS) is 10.8. The van der Waals surface area contributed by atoms with Crippen LogP contribution < -0.4 is 10.3 Å². The molecule has 0 bridgehead atoms. The molecular weight excluding hydrogens is 276 g/mol. The number of rotatable bonds is 4. The Morgan fingerprint density at radius 3 is 2.55 bits per heavy atom. The average molecular weight is 294 g/mol. The highest BCUT2D eigenvalue weighted by Gasteiger charge is 2.15. The molecule has 0 aliphatic heterocycles. The molecule has 1 heterocycles. The zero-order valence-corrected chi connectivity index (χ0v) is 12.7. The molecule has 0 aliphatic rings. The van der Waals surface area contributed by atoms with E-state index in [2.05, 4.69) is 6.92 Å². The van der Waals surface area contributed by atoms with Crippen LogP contribution in [0, 0.1) is 0 Å². The van der Waals surface area contributed by atoms with Gasteiger partial charge in [-0.15, -0.1) is 0 Å². The lowest BCUT2D eigenvalue weighted by molar-refractivity contribution is 0.419. The van der Waals surface area contributed by atoms with Crippen LogP contribution >= 0.6 is 0 Å². The highest BCUT2D eigenvalue weighted by atomic mass is 16.5. The van der Waals surface area contributed by atoms with Crippen molar-refractivity contribution in [2.75, 3.05) is 7.11 Å². The number of benzene rings is 2. The third kappa shape index (κ3) is 2.37. The predicted octanol–water partition coefficient (Wildman–Crippen LogP) is 3.35. The molecular formula is C18H18N2O2. The highest BCUT2D eigenvalue weighted by molar-refractivity contribution is 5.84. The molecule has 0 amide bonds. The number of para-hydroxylation sites is 1. The van der Waals surface area contributed by atoms with Crippen LogP contribution in [0.25, 0.3) is 16.6 Å². The van der Waals surface area contributed by atoms with Crippen LogP contribution in [0.15, 0.2) is 53.3 Å². The molecule has 0 radical (unpaired) electrons. The number of fused-ring (bicyclic) bond motifs is 1. The maximum Gasteiger partial charge on any atom is 0.269 e. The Bertz CT molecular complexity index is 854. The van der Waals surface area contributed by atoms with Crippen molar-refractivity contribution < 1.29 is 4.74 Å². The van der Waals surface area contributed by atoms with E-state index in [1.807, 2.05) is 42.5 Å². The van der Waals surface area contributed by atoms with Crippen molar-refractivity contribution >= 4 is 10.9 Å². The van der Waals surface area contributed by atoms with E-state index < -0.39 is 0 Å². The van der Waals surface area contributed by atoms with Gasteiger partial charge in [-0.1, -0.05) is 31.2 Å². The van der Waals surface area contributed by atoms with E-state index in [4.69, 9.17) is 9.72 Å². The number of methoxy groups -OCH3 is 1. The second kappa shape index (κ2) is 6.02. The van der Waals surface area contributed by atoms with Gasteiger partial charge in [-0.05, 0) is 30.7 Å². The monoisotopic (exact) mass is 294 g/mol. The summed E-state index contributed by atoms with van der Waals surface area (Å²) < 4.78 is 7.03. The molecule has 3 rings (SSSR count). The largest absolute Gasteiger partial charge is 0.496 e. The number of hydrogen-bond donors (Lipinski definition) is 0.